The first-order valence-corrected chi connectivity index (χ1v) is 11.3. The fourth-order valence-corrected chi connectivity index (χ4v) is 4.75. The molecule has 1 aromatic heterocycles. The van der Waals surface area contributed by atoms with E-state index in [1.807, 2.05) is 43.3 Å². The third-order valence-electron chi connectivity index (χ3n) is 5.09. The minimum absolute atomic E-state index is 0.0878. The van der Waals surface area contributed by atoms with Crippen LogP contribution in [-0.4, -0.2) is 44.0 Å². The van der Waals surface area contributed by atoms with Crippen LogP contribution in [0.4, 0.5) is 5.88 Å². The van der Waals surface area contributed by atoms with Crippen molar-refractivity contribution in [2.75, 3.05) is 31.6 Å². The van der Waals surface area contributed by atoms with E-state index in [2.05, 4.69) is 10.3 Å². The summed E-state index contributed by atoms with van der Waals surface area (Å²) < 4.78 is 38.0. The first-order chi connectivity index (χ1) is 15.0. The number of sulfonamides is 1. The zero-order valence-electron chi connectivity index (χ0n) is 17.0. The van der Waals surface area contributed by atoms with Crippen LogP contribution in [0.1, 0.15) is 24.2 Å². The third-order valence-corrected chi connectivity index (χ3v) is 7.00. The molecule has 1 aliphatic rings. The normalized spacial score (nSPS) is 15.9. The summed E-state index contributed by atoms with van der Waals surface area (Å²) in [7, 11) is -3.58. The third kappa shape index (κ3) is 4.46. The minimum atomic E-state index is -3.58. The standard InChI is InChI=1S/C22H22N4O4S/c1-16(17-5-3-2-4-6-17)24-22-20(15-23)25-21(30-22)18-7-9-19(10-8-18)31(27,28)26-11-13-29-14-12-26/h2-10,16,24H,11-14H2,1H3. The van der Waals surface area contributed by atoms with E-state index >= 15 is 0 Å². The van der Waals surface area contributed by atoms with Crippen LogP contribution < -0.4 is 5.32 Å². The van der Waals surface area contributed by atoms with E-state index in [0.717, 1.165) is 5.56 Å². The highest BCUT2D eigenvalue weighted by molar-refractivity contribution is 7.89. The van der Waals surface area contributed by atoms with Gasteiger partial charge in [0.25, 0.3) is 0 Å². The van der Waals surface area contributed by atoms with Gasteiger partial charge in [-0.15, -0.1) is 0 Å². The van der Waals surface area contributed by atoms with Crippen LogP contribution in [0.25, 0.3) is 11.5 Å². The average Bonchev–Trinajstić information content (AvgIpc) is 3.23. The molecule has 0 aliphatic carbocycles. The predicted molar refractivity (Wildman–Crippen MR) is 115 cm³/mol. The van der Waals surface area contributed by atoms with Crippen molar-refractivity contribution < 1.29 is 17.6 Å². The Hall–Kier alpha value is -3.19. The van der Waals surface area contributed by atoms with Gasteiger partial charge < -0.3 is 14.5 Å². The van der Waals surface area contributed by atoms with Gasteiger partial charge in [-0.05, 0) is 36.8 Å². The molecule has 9 heteroatoms. The van der Waals surface area contributed by atoms with Gasteiger partial charge in [0, 0.05) is 18.7 Å². The van der Waals surface area contributed by atoms with Crippen molar-refractivity contribution in [1.29, 1.82) is 5.26 Å². The number of aromatic nitrogens is 1. The SMILES string of the molecule is CC(Nc1oc(-c2ccc(S(=O)(=O)N3CCOCC3)cc2)nc1C#N)c1ccccc1. The lowest BCUT2D eigenvalue weighted by molar-refractivity contribution is 0.0730. The summed E-state index contributed by atoms with van der Waals surface area (Å²) >= 11 is 0. The number of nitriles is 1. The Morgan fingerprint density at radius 2 is 1.77 bits per heavy atom. The molecule has 1 unspecified atom stereocenters. The number of hydrogen-bond acceptors (Lipinski definition) is 7. The zero-order valence-corrected chi connectivity index (χ0v) is 17.8. The maximum atomic E-state index is 12.8. The van der Waals surface area contributed by atoms with Gasteiger partial charge in [-0.25, -0.2) is 8.42 Å². The topological polar surface area (TPSA) is 108 Å². The van der Waals surface area contributed by atoms with Gasteiger partial charge in [0.15, 0.2) is 0 Å². The maximum absolute atomic E-state index is 12.8. The lowest BCUT2D eigenvalue weighted by Gasteiger charge is -2.26. The number of benzene rings is 2. The van der Waals surface area contributed by atoms with Gasteiger partial charge in [0.05, 0.1) is 24.2 Å². The summed E-state index contributed by atoms with van der Waals surface area (Å²) in [6.45, 7) is 3.42. The molecule has 1 N–H and O–H groups in total. The van der Waals surface area contributed by atoms with E-state index in [4.69, 9.17) is 9.15 Å². The largest absolute Gasteiger partial charge is 0.419 e. The molecule has 0 spiro atoms. The Balaban J connectivity index is 1.55. The van der Waals surface area contributed by atoms with Crippen LogP contribution >= 0.6 is 0 Å². The van der Waals surface area contributed by atoms with Crippen molar-refractivity contribution in [2.24, 2.45) is 0 Å². The van der Waals surface area contributed by atoms with Crippen LogP contribution in [0.15, 0.2) is 63.9 Å². The summed E-state index contributed by atoms with van der Waals surface area (Å²) in [6.07, 6.45) is 0. The highest BCUT2D eigenvalue weighted by Crippen LogP contribution is 2.29. The van der Waals surface area contributed by atoms with Crippen molar-refractivity contribution in [2.45, 2.75) is 17.9 Å². The molecule has 2 heterocycles. The van der Waals surface area contributed by atoms with Crippen LogP contribution in [0.3, 0.4) is 0 Å². The van der Waals surface area contributed by atoms with Gasteiger partial charge in [-0.1, -0.05) is 30.3 Å². The maximum Gasteiger partial charge on any atom is 0.243 e. The van der Waals surface area contributed by atoms with E-state index in [0.29, 0.717) is 31.9 Å². The molecule has 0 bridgehead atoms. The van der Waals surface area contributed by atoms with Crippen molar-refractivity contribution in [3.63, 3.8) is 0 Å². The summed E-state index contributed by atoms with van der Waals surface area (Å²) in [5, 5.41) is 12.6. The fraction of sp³-hybridized carbons (Fsp3) is 0.273. The molecule has 1 aliphatic heterocycles. The van der Waals surface area contributed by atoms with Crippen LogP contribution in [0.2, 0.25) is 0 Å². The van der Waals surface area contributed by atoms with Crippen molar-refractivity contribution in [1.82, 2.24) is 9.29 Å². The Kier molecular flexibility index (Phi) is 6.04. The van der Waals surface area contributed by atoms with E-state index < -0.39 is 10.0 Å². The summed E-state index contributed by atoms with van der Waals surface area (Å²) in [5.41, 5.74) is 1.77. The Labute approximate surface area is 181 Å². The lowest BCUT2D eigenvalue weighted by atomic mass is 10.1. The number of rotatable bonds is 6. The molecule has 0 saturated carbocycles. The van der Waals surface area contributed by atoms with E-state index in [9.17, 15) is 13.7 Å². The van der Waals surface area contributed by atoms with E-state index in [1.54, 1.807) is 12.1 Å². The lowest BCUT2D eigenvalue weighted by Crippen LogP contribution is -2.40. The molecule has 4 rings (SSSR count). The molecule has 1 fully saturated rings. The Bertz CT molecular complexity index is 1180. The van der Waals surface area contributed by atoms with Crippen molar-refractivity contribution >= 4 is 15.9 Å². The quantitative estimate of drug-likeness (QED) is 0.628. The Morgan fingerprint density at radius 1 is 1.10 bits per heavy atom. The summed E-state index contributed by atoms with van der Waals surface area (Å²) in [6, 6.07) is 18.0. The first kappa shape index (κ1) is 21.1. The number of hydrogen-bond donors (Lipinski definition) is 1. The first-order valence-electron chi connectivity index (χ1n) is 9.90. The van der Waals surface area contributed by atoms with Gasteiger partial charge in [-0.2, -0.15) is 14.6 Å². The molecular weight excluding hydrogens is 416 g/mol. The molecule has 2 aromatic carbocycles. The molecule has 31 heavy (non-hydrogen) atoms. The number of anilines is 1. The summed E-state index contributed by atoms with van der Waals surface area (Å²) in [4.78, 5) is 4.46. The smallest absolute Gasteiger partial charge is 0.243 e. The molecule has 8 nitrogen and oxygen atoms in total. The number of oxazole rings is 1. The Morgan fingerprint density at radius 3 is 2.42 bits per heavy atom. The number of nitrogens with one attached hydrogen (secondary N) is 1. The number of ether oxygens (including phenoxy) is 1. The van der Waals surface area contributed by atoms with Crippen LogP contribution in [0.5, 0.6) is 0 Å². The molecule has 1 atom stereocenters. The van der Waals surface area contributed by atoms with E-state index in [-0.39, 0.29) is 28.4 Å². The second-order valence-corrected chi connectivity index (χ2v) is 9.06. The van der Waals surface area contributed by atoms with Crippen LogP contribution in [-0.2, 0) is 14.8 Å². The minimum Gasteiger partial charge on any atom is -0.419 e. The number of nitrogens with zero attached hydrogens (tertiary/aromatic N) is 3. The van der Waals surface area contributed by atoms with Gasteiger partial charge in [-0.3, -0.25) is 0 Å². The zero-order chi connectivity index (χ0) is 21.8. The predicted octanol–water partition coefficient (Wildman–Crippen LogP) is 3.41. The second kappa shape index (κ2) is 8.89. The molecule has 3 aromatic rings. The summed E-state index contributed by atoms with van der Waals surface area (Å²) in [5.74, 6) is 0.522. The van der Waals surface area contributed by atoms with Gasteiger partial charge in [0.2, 0.25) is 27.5 Å². The molecule has 0 amide bonds. The molecule has 1 saturated heterocycles. The van der Waals surface area contributed by atoms with Crippen LogP contribution in [0, 0.1) is 11.3 Å². The van der Waals surface area contributed by atoms with Crippen molar-refractivity contribution in [3.8, 4) is 17.5 Å². The highest BCUT2D eigenvalue weighted by atomic mass is 32.2. The van der Waals surface area contributed by atoms with Gasteiger partial charge >= 0.3 is 0 Å². The average molecular weight is 439 g/mol. The van der Waals surface area contributed by atoms with Crippen molar-refractivity contribution in [3.05, 3.63) is 65.9 Å². The highest BCUT2D eigenvalue weighted by Gasteiger charge is 2.26. The second-order valence-electron chi connectivity index (χ2n) is 7.13. The fourth-order valence-electron chi connectivity index (χ4n) is 3.34. The van der Waals surface area contributed by atoms with Gasteiger partial charge in [0.1, 0.15) is 6.07 Å². The molecular formula is C22H22N4O4S. The monoisotopic (exact) mass is 438 g/mol. The molecule has 160 valence electrons. The van der Waals surface area contributed by atoms with E-state index in [1.165, 1.54) is 16.4 Å². The number of morpholine rings is 1. The molecule has 0 radical (unpaired) electrons.